The summed E-state index contributed by atoms with van der Waals surface area (Å²) in [6.45, 7) is 6.60. The van der Waals surface area contributed by atoms with Gasteiger partial charge in [-0.05, 0) is 70.6 Å². The van der Waals surface area contributed by atoms with Crippen molar-refractivity contribution in [3.05, 3.63) is 36.5 Å². The van der Waals surface area contributed by atoms with Crippen LogP contribution in [0.3, 0.4) is 0 Å². The molecule has 0 N–H and O–H groups in total. The quantitative estimate of drug-likeness (QED) is 0.0261. The minimum Gasteiger partial charge on any atom is -0.462 e. The molecule has 0 bridgehead atoms. The van der Waals surface area contributed by atoms with Crippen LogP contribution in [0.5, 0.6) is 0 Å². The predicted molar refractivity (Wildman–Crippen MR) is 321 cm³/mol. The van der Waals surface area contributed by atoms with Crippen LogP contribution in [-0.2, 0) is 28.6 Å². The van der Waals surface area contributed by atoms with E-state index in [1.165, 1.54) is 244 Å². The van der Waals surface area contributed by atoms with Gasteiger partial charge in [-0.3, -0.25) is 14.4 Å². The molecular weight excluding hydrogens is 913 g/mol. The van der Waals surface area contributed by atoms with E-state index in [0.717, 1.165) is 77.0 Å². The molecule has 434 valence electrons. The predicted octanol–water partition coefficient (Wildman–Crippen LogP) is 22.4. The van der Waals surface area contributed by atoms with E-state index in [2.05, 4.69) is 57.2 Å². The zero-order chi connectivity index (χ0) is 53.6. The van der Waals surface area contributed by atoms with Crippen LogP contribution in [0.25, 0.3) is 0 Å². The fourth-order valence-electron chi connectivity index (χ4n) is 9.89. The summed E-state index contributed by atoms with van der Waals surface area (Å²) in [7, 11) is 0. The molecule has 0 spiro atoms. The van der Waals surface area contributed by atoms with Crippen molar-refractivity contribution in [2.75, 3.05) is 13.2 Å². The van der Waals surface area contributed by atoms with E-state index in [4.69, 9.17) is 14.2 Å². The van der Waals surface area contributed by atoms with Crippen LogP contribution >= 0.6 is 0 Å². The van der Waals surface area contributed by atoms with Crippen molar-refractivity contribution in [2.45, 2.75) is 367 Å². The van der Waals surface area contributed by atoms with Crippen LogP contribution < -0.4 is 0 Å². The SMILES string of the molecule is CCC/C=C\CCCCCCCC(=O)OCC(COC(=O)CCCCCCCCCCCCCCCCCCCCCCCCC/C=C\C/C=C\CCCCCCC)OC(=O)CCCCCCCCCCCCC. The molecule has 0 fully saturated rings. The van der Waals surface area contributed by atoms with Gasteiger partial charge in [0.1, 0.15) is 13.2 Å². The molecular formula is C68H126O6. The zero-order valence-electron chi connectivity index (χ0n) is 49.9. The second kappa shape index (κ2) is 63.2. The Morgan fingerprint density at radius 3 is 0.811 bits per heavy atom. The van der Waals surface area contributed by atoms with Crippen LogP contribution in [0.2, 0.25) is 0 Å². The molecule has 6 heteroatoms. The van der Waals surface area contributed by atoms with E-state index >= 15 is 0 Å². The van der Waals surface area contributed by atoms with E-state index in [0.29, 0.717) is 19.3 Å². The Kier molecular flexibility index (Phi) is 61.1. The number of hydrogen-bond donors (Lipinski definition) is 0. The molecule has 6 nitrogen and oxygen atoms in total. The van der Waals surface area contributed by atoms with Crippen LogP contribution in [0.4, 0.5) is 0 Å². The summed E-state index contributed by atoms with van der Waals surface area (Å²) in [5.74, 6) is -0.861. The minimum absolute atomic E-state index is 0.0691. The summed E-state index contributed by atoms with van der Waals surface area (Å²) in [4.78, 5) is 38.0. The van der Waals surface area contributed by atoms with Gasteiger partial charge in [0.25, 0.3) is 0 Å². The average Bonchev–Trinajstić information content (AvgIpc) is 3.40. The molecule has 0 aromatic carbocycles. The van der Waals surface area contributed by atoms with E-state index in [1.54, 1.807) is 0 Å². The highest BCUT2D eigenvalue weighted by Gasteiger charge is 2.19. The highest BCUT2D eigenvalue weighted by molar-refractivity contribution is 5.71. The van der Waals surface area contributed by atoms with Crippen molar-refractivity contribution in [1.82, 2.24) is 0 Å². The Bertz CT molecular complexity index is 1240. The number of rotatable bonds is 61. The normalized spacial score (nSPS) is 12.2. The molecule has 0 saturated carbocycles. The van der Waals surface area contributed by atoms with Crippen molar-refractivity contribution >= 4 is 17.9 Å². The summed E-state index contributed by atoms with van der Waals surface area (Å²) in [5, 5.41) is 0. The Balaban J connectivity index is 3.92. The van der Waals surface area contributed by atoms with Crippen molar-refractivity contribution in [3.63, 3.8) is 0 Å². The zero-order valence-corrected chi connectivity index (χ0v) is 49.9. The molecule has 0 aliphatic heterocycles. The van der Waals surface area contributed by atoms with Crippen molar-refractivity contribution in [3.8, 4) is 0 Å². The number of ether oxygens (including phenoxy) is 3. The van der Waals surface area contributed by atoms with Crippen LogP contribution in [-0.4, -0.2) is 37.2 Å². The highest BCUT2D eigenvalue weighted by Crippen LogP contribution is 2.18. The first-order valence-electron chi connectivity index (χ1n) is 33.0. The molecule has 1 atom stereocenters. The maximum absolute atomic E-state index is 12.8. The van der Waals surface area contributed by atoms with Gasteiger partial charge >= 0.3 is 17.9 Å². The van der Waals surface area contributed by atoms with Gasteiger partial charge in [0, 0.05) is 19.3 Å². The molecule has 0 amide bonds. The van der Waals surface area contributed by atoms with Gasteiger partial charge in [0.15, 0.2) is 6.10 Å². The van der Waals surface area contributed by atoms with E-state index in [1.807, 2.05) is 0 Å². The lowest BCUT2D eigenvalue weighted by Gasteiger charge is -2.18. The van der Waals surface area contributed by atoms with Crippen molar-refractivity contribution < 1.29 is 28.6 Å². The maximum Gasteiger partial charge on any atom is 0.306 e. The van der Waals surface area contributed by atoms with Crippen LogP contribution in [0, 0.1) is 0 Å². The lowest BCUT2D eigenvalue weighted by molar-refractivity contribution is -0.167. The third-order valence-electron chi connectivity index (χ3n) is 14.8. The molecule has 0 aliphatic rings. The molecule has 0 radical (unpaired) electrons. The second-order valence-corrected chi connectivity index (χ2v) is 22.4. The second-order valence-electron chi connectivity index (χ2n) is 22.4. The van der Waals surface area contributed by atoms with Gasteiger partial charge in [0.2, 0.25) is 0 Å². The first kappa shape index (κ1) is 71.6. The third kappa shape index (κ3) is 60.5. The fourth-order valence-corrected chi connectivity index (χ4v) is 9.89. The Labute approximate surface area is 461 Å². The first-order chi connectivity index (χ1) is 36.5. The molecule has 0 saturated heterocycles. The van der Waals surface area contributed by atoms with E-state index in [-0.39, 0.29) is 31.1 Å². The van der Waals surface area contributed by atoms with Crippen molar-refractivity contribution in [1.29, 1.82) is 0 Å². The number of unbranched alkanes of at least 4 members (excludes halogenated alkanes) is 44. The summed E-state index contributed by atoms with van der Waals surface area (Å²) >= 11 is 0. The van der Waals surface area contributed by atoms with Gasteiger partial charge < -0.3 is 14.2 Å². The standard InChI is InChI=1S/C68H126O6/c1-4-7-10-13-16-19-22-23-24-25-26-27-28-29-30-31-32-33-34-35-36-37-38-39-40-41-42-43-44-45-47-49-52-55-58-61-67(70)73-64-65(63-72-66(69)60-57-54-51-48-21-18-15-12-9-6-3)74-68(71)62-59-56-53-50-46-20-17-14-11-8-5-2/h12,15,22-23,25-26,65H,4-11,13-14,16-21,24,27-64H2,1-3H3/b15-12-,23-22-,26-25-. The monoisotopic (exact) mass is 1040 g/mol. The summed E-state index contributed by atoms with van der Waals surface area (Å²) in [6, 6.07) is 0. The molecule has 0 rings (SSSR count). The number of hydrogen-bond acceptors (Lipinski definition) is 6. The molecule has 74 heavy (non-hydrogen) atoms. The Morgan fingerprint density at radius 1 is 0.270 bits per heavy atom. The van der Waals surface area contributed by atoms with E-state index in [9.17, 15) is 14.4 Å². The topological polar surface area (TPSA) is 78.9 Å². The number of allylic oxidation sites excluding steroid dienone is 6. The highest BCUT2D eigenvalue weighted by atomic mass is 16.6. The largest absolute Gasteiger partial charge is 0.462 e. The van der Waals surface area contributed by atoms with E-state index < -0.39 is 6.10 Å². The molecule has 0 heterocycles. The number of carbonyl (C=O) groups is 3. The van der Waals surface area contributed by atoms with Gasteiger partial charge in [-0.2, -0.15) is 0 Å². The minimum atomic E-state index is -0.769. The average molecular weight is 1040 g/mol. The van der Waals surface area contributed by atoms with Gasteiger partial charge in [0.05, 0.1) is 0 Å². The molecule has 0 aromatic heterocycles. The van der Waals surface area contributed by atoms with Gasteiger partial charge in [-0.25, -0.2) is 0 Å². The molecule has 1 unspecified atom stereocenters. The molecule has 0 aromatic rings. The van der Waals surface area contributed by atoms with Gasteiger partial charge in [-0.15, -0.1) is 0 Å². The Morgan fingerprint density at radius 2 is 0.514 bits per heavy atom. The molecule has 0 aliphatic carbocycles. The summed E-state index contributed by atoms with van der Waals surface area (Å²) in [5.41, 5.74) is 0. The van der Waals surface area contributed by atoms with Crippen LogP contribution in [0.15, 0.2) is 36.5 Å². The number of carbonyl (C=O) groups excluding carboxylic acids is 3. The van der Waals surface area contributed by atoms with Gasteiger partial charge in [-0.1, -0.05) is 308 Å². The lowest BCUT2D eigenvalue weighted by atomic mass is 10.0. The fraction of sp³-hybridized carbons (Fsp3) is 0.868. The summed E-state index contributed by atoms with van der Waals surface area (Å²) in [6.07, 6.45) is 77.7. The van der Waals surface area contributed by atoms with Crippen molar-refractivity contribution in [2.24, 2.45) is 0 Å². The number of esters is 3. The summed E-state index contributed by atoms with van der Waals surface area (Å²) < 4.78 is 16.8. The Hall–Kier alpha value is -2.37. The smallest absolute Gasteiger partial charge is 0.306 e. The third-order valence-corrected chi connectivity index (χ3v) is 14.8. The maximum atomic E-state index is 12.8. The lowest BCUT2D eigenvalue weighted by Crippen LogP contribution is -2.30. The first-order valence-corrected chi connectivity index (χ1v) is 33.0. The van der Waals surface area contributed by atoms with Crippen LogP contribution in [0.1, 0.15) is 361 Å².